The highest BCUT2D eigenvalue weighted by molar-refractivity contribution is 5.93. The molecule has 2 aromatic carbocycles. The highest BCUT2D eigenvalue weighted by Gasteiger charge is 2.26. The molecule has 1 fully saturated rings. The predicted octanol–water partition coefficient (Wildman–Crippen LogP) is 3.71. The van der Waals surface area contributed by atoms with Crippen LogP contribution in [0.2, 0.25) is 0 Å². The highest BCUT2D eigenvalue weighted by atomic mass is 16.5. The summed E-state index contributed by atoms with van der Waals surface area (Å²) in [6.07, 6.45) is 0. The van der Waals surface area contributed by atoms with Crippen LogP contribution in [0, 0.1) is 13.8 Å². The Kier molecular flexibility index (Phi) is 6.59. The van der Waals surface area contributed by atoms with E-state index in [9.17, 15) is 4.79 Å². The number of ether oxygens (including phenoxy) is 3. The zero-order chi connectivity index (χ0) is 21.8. The molecule has 0 aliphatic carbocycles. The van der Waals surface area contributed by atoms with Gasteiger partial charge in [-0.3, -0.25) is 4.90 Å². The Hall–Kier alpha value is -3.09. The van der Waals surface area contributed by atoms with Gasteiger partial charge in [-0.2, -0.15) is 0 Å². The van der Waals surface area contributed by atoms with Crippen LogP contribution >= 0.6 is 0 Å². The molecule has 0 spiro atoms. The number of rotatable bonds is 5. The minimum Gasteiger partial charge on any atom is -0.497 e. The van der Waals surface area contributed by atoms with E-state index < -0.39 is 0 Å². The van der Waals surface area contributed by atoms with Gasteiger partial charge in [-0.1, -0.05) is 0 Å². The largest absolute Gasteiger partial charge is 0.497 e. The van der Waals surface area contributed by atoms with Crippen molar-refractivity contribution in [3.8, 4) is 17.2 Å². The molecule has 30 heavy (non-hydrogen) atoms. The Bertz CT molecular complexity index is 885. The van der Waals surface area contributed by atoms with E-state index in [0.29, 0.717) is 18.8 Å². The molecule has 0 unspecified atom stereocenters. The number of amides is 2. The van der Waals surface area contributed by atoms with Crippen LogP contribution in [-0.4, -0.2) is 65.5 Å². The smallest absolute Gasteiger partial charge is 0.324 e. The third-order valence-electron chi connectivity index (χ3n) is 5.70. The number of carbonyl (C=O) groups is 1. The number of piperazine rings is 1. The summed E-state index contributed by atoms with van der Waals surface area (Å²) in [5.41, 5.74) is 4.08. The molecule has 0 aromatic heterocycles. The van der Waals surface area contributed by atoms with Crippen molar-refractivity contribution in [2.24, 2.45) is 0 Å². The monoisotopic (exact) mass is 413 g/mol. The second-order valence-corrected chi connectivity index (χ2v) is 7.49. The predicted molar refractivity (Wildman–Crippen MR) is 120 cm³/mol. The summed E-state index contributed by atoms with van der Waals surface area (Å²) in [5.74, 6) is 2.21. The van der Waals surface area contributed by atoms with Crippen LogP contribution in [0.5, 0.6) is 17.2 Å². The first-order valence-corrected chi connectivity index (χ1v) is 10.0. The Balaban J connectivity index is 1.71. The van der Waals surface area contributed by atoms with E-state index in [-0.39, 0.29) is 6.03 Å². The third kappa shape index (κ3) is 4.40. The fraction of sp³-hybridized carbons (Fsp3) is 0.435. The second kappa shape index (κ2) is 9.15. The number of hydrogen-bond donors (Lipinski definition) is 0. The lowest BCUT2D eigenvalue weighted by atomic mass is 10.1. The Morgan fingerprint density at radius 2 is 1.40 bits per heavy atom. The van der Waals surface area contributed by atoms with Gasteiger partial charge < -0.3 is 24.0 Å². The molecule has 7 heteroatoms. The third-order valence-corrected chi connectivity index (χ3v) is 5.70. The topological polar surface area (TPSA) is 54.5 Å². The number of anilines is 2. The molecule has 1 heterocycles. The summed E-state index contributed by atoms with van der Waals surface area (Å²) < 4.78 is 16.3. The van der Waals surface area contributed by atoms with E-state index in [1.807, 2.05) is 49.1 Å². The first-order valence-electron chi connectivity index (χ1n) is 10.0. The number of nitrogens with zero attached hydrogens (tertiary/aromatic N) is 3. The molecule has 0 atom stereocenters. The summed E-state index contributed by atoms with van der Waals surface area (Å²) in [6.45, 7) is 6.82. The van der Waals surface area contributed by atoms with Gasteiger partial charge in [0, 0.05) is 57.1 Å². The molecule has 0 N–H and O–H groups in total. The van der Waals surface area contributed by atoms with Crippen molar-refractivity contribution < 1.29 is 19.0 Å². The van der Waals surface area contributed by atoms with Crippen molar-refractivity contribution in [3.05, 3.63) is 41.5 Å². The molecule has 2 amide bonds. The lowest BCUT2D eigenvalue weighted by molar-refractivity contribution is 0.202. The van der Waals surface area contributed by atoms with Gasteiger partial charge in [0.2, 0.25) is 0 Å². The number of benzene rings is 2. The highest BCUT2D eigenvalue weighted by Crippen LogP contribution is 2.32. The maximum atomic E-state index is 13.1. The minimum absolute atomic E-state index is 0.0283. The molecule has 0 radical (unpaired) electrons. The number of aryl methyl sites for hydroxylation is 2. The van der Waals surface area contributed by atoms with Gasteiger partial charge in [-0.05, 0) is 37.1 Å². The fourth-order valence-electron chi connectivity index (χ4n) is 3.65. The van der Waals surface area contributed by atoms with Gasteiger partial charge in [-0.15, -0.1) is 0 Å². The number of methoxy groups -OCH3 is 3. The Morgan fingerprint density at radius 3 is 1.93 bits per heavy atom. The van der Waals surface area contributed by atoms with Gasteiger partial charge in [-0.25, -0.2) is 4.79 Å². The number of urea groups is 1. The van der Waals surface area contributed by atoms with Crippen LogP contribution in [-0.2, 0) is 0 Å². The van der Waals surface area contributed by atoms with Crippen molar-refractivity contribution in [3.63, 3.8) is 0 Å². The van der Waals surface area contributed by atoms with E-state index in [2.05, 4.69) is 4.90 Å². The second-order valence-electron chi connectivity index (χ2n) is 7.49. The molecule has 1 aliphatic rings. The van der Waals surface area contributed by atoms with E-state index in [0.717, 1.165) is 47.1 Å². The lowest BCUT2D eigenvalue weighted by Crippen LogP contribution is -2.52. The van der Waals surface area contributed by atoms with E-state index in [1.54, 1.807) is 33.3 Å². The van der Waals surface area contributed by atoms with E-state index in [1.165, 1.54) is 0 Å². The number of hydrogen-bond acceptors (Lipinski definition) is 5. The molecule has 0 bridgehead atoms. The minimum atomic E-state index is -0.0283. The van der Waals surface area contributed by atoms with Crippen LogP contribution < -0.4 is 24.0 Å². The molecule has 162 valence electrons. The fourth-order valence-corrected chi connectivity index (χ4v) is 3.65. The molecule has 1 aliphatic heterocycles. The van der Waals surface area contributed by atoms with Gasteiger partial charge in [0.25, 0.3) is 0 Å². The SMILES string of the molecule is COc1cc(OC)cc(N2CCN(C(=O)N(C)c3cc(C)c(C)cc3OC)CC2)c1. The first-order chi connectivity index (χ1) is 14.4. The van der Waals surface area contributed by atoms with Crippen molar-refractivity contribution >= 4 is 17.4 Å². The summed E-state index contributed by atoms with van der Waals surface area (Å²) in [4.78, 5) is 18.9. The summed E-state index contributed by atoms with van der Waals surface area (Å²) in [5, 5.41) is 0. The maximum Gasteiger partial charge on any atom is 0.324 e. The maximum absolute atomic E-state index is 13.1. The standard InChI is InChI=1S/C23H31N3O4/c1-16-11-21(22(30-6)12-17(16)2)24(3)23(27)26-9-7-25(8-10-26)18-13-19(28-4)15-20(14-18)29-5/h11-15H,7-10H2,1-6H3. The van der Waals surface area contributed by atoms with Crippen LogP contribution in [0.15, 0.2) is 30.3 Å². The summed E-state index contributed by atoms with van der Waals surface area (Å²) in [6, 6.07) is 9.79. The normalized spacial score (nSPS) is 13.8. The van der Waals surface area contributed by atoms with E-state index in [4.69, 9.17) is 14.2 Å². The van der Waals surface area contributed by atoms with Crippen LogP contribution in [0.1, 0.15) is 11.1 Å². The van der Waals surface area contributed by atoms with Crippen molar-refractivity contribution in [2.45, 2.75) is 13.8 Å². The average Bonchev–Trinajstić information content (AvgIpc) is 2.79. The van der Waals surface area contributed by atoms with Gasteiger partial charge in [0.05, 0.1) is 27.0 Å². The quantitative estimate of drug-likeness (QED) is 0.748. The molecular weight excluding hydrogens is 382 g/mol. The molecule has 3 rings (SSSR count). The Morgan fingerprint density at radius 1 is 0.833 bits per heavy atom. The van der Waals surface area contributed by atoms with Crippen molar-refractivity contribution in [1.82, 2.24) is 4.90 Å². The molecular formula is C23H31N3O4. The number of carbonyl (C=O) groups excluding carboxylic acids is 1. The van der Waals surface area contributed by atoms with Crippen LogP contribution in [0.4, 0.5) is 16.2 Å². The van der Waals surface area contributed by atoms with Gasteiger partial charge in [0.1, 0.15) is 17.2 Å². The zero-order valence-electron chi connectivity index (χ0n) is 18.7. The van der Waals surface area contributed by atoms with Crippen LogP contribution in [0.25, 0.3) is 0 Å². The van der Waals surface area contributed by atoms with Crippen LogP contribution in [0.3, 0.4) is 0 Å². The van der Waals surface area contributed by atoms with E-state index >= 15 is 0 Å². The average molecular weight is 414 g/mol. The molecule has 7 nitrogen and oxygen atoms in total. The molecule has 1 saturated heterocycles. The molecule has 2 aromatic rings. The van der Waals surface area contributed by atoms with Gasteiger partial charge in [0.15, 0.2) is 0 Å². The summed E-state index contributed by atoms with van der Waals surface area (Å²) >= 11 is 0. The van der Waals surface area contributed by atoms with Gasteiger partial charge >= 0.3 is 6.03 Å². The van der Waals surface area contributed by atoms with Crippen molar-refractivity contribution in [1.29, 1.82) is 0 Å². The lowest BCUT2D eigenvalue weighted by Gasteiger charge is -2.38. The van der Waals surface area contributed by atoms with Crippen molar-refractivity contribution in [2.75, 3.05) is 64.4 Å². The summed E-state index contributed by atoms with van der Waals surface area (Å²) in [7, 11) is 6.72. The molecule has 0 saturated carbocycles. The Labute approximate surface area is 178 Å². The first kappa shape index (κ1) is 21.6. The zero-order valence-corrected chi connectivity index (χ0v) is 18.7.